The average Bonchev–Trinajstić information content (AvgIpc) is 3.22. The third-order valence-corrected chi connectivity index (χ3v) is 4.10. The van der Waals surface area contributed by atoms with Gasteiger partial charge in [-0.05, 0) is 37.8 Å². The summed E-state index contributed by atoms with van der Waals surface area (Å²) in [5.74, 6) is 0.369. The highest BCUT2D eigenvalue weighted by Gasteiger charge is 2.43. The van der Waals surface area contributed by atoms with Gasteiger partial charge >= 0.3 is 0 Å². The van der Waals surface area contributed by atoms with Crippen LogP contribution in [0.4, 0.5) is 0 Å². The monoisotopic (exact) mass is 228 g/mol. The van der Waals surface area contributed by atoms with E-state index in [0.29, 0.717) is 11.8 Å². The van der Waals surface area contributed by atoms with Crippen LogP contribution >= 0.6 is 0 Å². The van der Waals surface area contributed by atoms with E-state index < -0.39 is 0 Å². The van der Waals surface area contributed by atoms with Gasteiger partial charge < -0.3 is 15.4 Å². The van der Waals surface area contributed by atoms with Crippen LogP contribution in [0.25, 0.3) is 10.9 Å². The fraction of sp³-hybridized carbons (Fsp3) is 0.429. The molecule has 4 rings (SSSR count). The summed E-state index contributed by atoms with van der Waals surface area (Å²) in [5, 5.41) is 11.1. The summed E-state index contributed by atoms with van der Waals surface area (Å²) in [6.07, 6.45) is 6.73. The molecule has 2 aromatic rings. The predicted molar refractivity (Wildman–Crippen MR) is 67.0 cm³/mol. The van der Waals surface area contributed by atoms with E-state index in [4.69, 9.17) is 5.73 Å². The Morgan fingerprint density at radius 1 is 1.29 bits per heavy atom. The number of nitrogens with zero attached hydrogens (tertiary/aromatic N) is 1. The summed E-state index contributed by atoms with van der Waals surface area (Å²) in [4.78, 5) is 0. The first-order valence-corrected chi connectivity index (χ1v) is 6.31. The Morgan fingerprint density at radius 2 is 2.06 bits per heavy atom. The topological polar surface area (TPSA) is 51.2 Å². The maximum Gasteiger partial charge on any atom is 0.125 e. The fourth-order valence-electron chi connectivity index (χ4n) is 2.73. The van der Waals surface area contributed by atoms with Crippen LogP contribution in [0, 0.1) is 0 Å². The highest BCUT2D eigenvalue weighted by molar-refractivity contribution is 5.91. The largest absolute Gasteiger partial charge is 0.507 e. The predicted octanol–water partition coefficient (Wildman–Crippen LogP) is 2.63. The normalized spacial score (nSPS) is 21.9. The number of hydrogen-bond acceptors (Lipinski definition) is 2. The Kier molecular flexibility index (Phi) is 1.60. The number of nitrogens with two attached hydrogens (primary N) is 1. The van der Waals surface area contributed by atoms with Gasteiger partial charge in [-0.1, -0.05) is 6.07 Å². The summed E-state index contributed by atoms with van der Waals surface area (Å²) in [6, 6.07) is 6.38. The minimum Gasteiger partial charge on any atom is -0.507 e. The number of hydrogen-bond donors (Lipinski definition) is 2. The molecule has 3 N–H and O–H groups in total. The Morgan fingerprint density at radius 3 is 2.71 bits per heavy atom. The molecule has 0 atom stereocenters. The first-order chi connectivity index (χ1) is 8.19. The third-order valence-electron chi connectivity index (χ3n) is 4.10. The lowest BCUT2D eigenvalue weighted by atomic mass is 10.0. The van der Waals surface area contributed by atoms with Gasteiger partial charge in [0, 0.05) is 28.7 Å². The molecule has 2 saturated carbocycles. The van der Waals surface area contributed by atoms with E-state index in [9.17, 15) is 5.11 Å². The second kappa shape index (κ2) is 2.85. The molecule has 0 amide bonds. The standard InChI is InChI=1S/C14H16N2O/c15-14(6-7-14)10-8-16(9-4-5-9)11-2-1-3-12(17)13(10)11/h1-3,8-9,17H,4-7,15H2. The zero-order chi connectivity index (χ0) is 11.6. The van der Waals surface area contributed by atoms with Gasteiger partial charge in [-0.25, -0.2) is 0 Å². The van der Waals surface area contributed by atoms with Gasteiger partial charge in [0.05, 0.1) is 5.52 Å². The van der Waals surface area contributed by atoms with Gasteiger partial charge in [-0.3, -0.25) is 0 Å². The fourth-order valence-corrected chi connectivity index (χ4v) is 2.73. The molecule has 1 aromatic heterocycles. The Balaban J connectivity index is 2.05. The molecular formula is C14H16N2O. The van der Waals surface area contributed by atoms with Crippen molar-refractivity contribution in [3.63, 3.8) is 0 Å². The summed E-state index contributed by atoms with van der Waals surface area (Å²) >= 11 is 0. The lowest BCUT2D eigenvalue weighted by Gasteiger charge is -2.07. The van der Waals surface area contributed by atoms with Crippen LogP contribution in [0.15, 0.2) is 24.4 Å². The lowest BCUT2D eigenvalue weighted by molar-refractivity contribution is 0.481. The van der Waals surface area contributed by atoms with Gasteiger partial charge in [-0.2, -0.15) is 0 Å². The van der Waals surface area contributed by atoms with Crippen molar-refractivity contribution in [3.8, 4) is 5.75 Å². The summed E-state index contributed by atoms with van der Waals surface area (Å²) in [7, 11) is 0. The SMILES string of the molecule is NC1(c2cn(C3CC3)c3cccc(O)c23)CC1. The third kappa shape index (κ3) is 1.26. The van der Waals surface area contributed by atoms with Crippen molar-refractivity contribution in [1.29, 1.82) is 0 Å². The molecule has 0 saturated heterocycles. The van der Waals surface area contributed by atoms with Crippen LogP contribution in [0.2, 0.25) is 0 Å². The Hall–Kier alpha value is -1.48. The van der Waals surface area contributed by atoms with Crippen LogP contribution in [0.1, 0.15) is 37.3 Å². The van der Waals surface area contributed by atoms with Crippen LogP contribution in [-0.4, -0.2) is 9.67 Å². The van der Waals surface area contributed by atoms with Crippen LogP contribution in [-0.2, 0) is 5.54 Å². The molecular weight excluding hydrogens is 212 g/mol. The summed E-state index contributed by atoms with van der Waals surface area (Å²) in [5.41, 5.74) is 8.40. The molecule has 0 aliphatic heterocycles. The molecule has 1 heterocycles. The Bertz CT molecular complexity index is 606. The summed E-state index contributed by atoms with van der Waals surface area (Å²) < 4.78 is 2.30. The molecule has 3 nitrogen and oxygen atoms in total. The average molecular weight is 228 g/mol. The molecule has 88 valence electrons. The van der Waals surface area contributed by atoms with Gasteiger partial charge in [-0.15, -0.1) is 0 Å². The zero-order valence-electron chi connectivity index (χ0n) is 9.69. The number of benzene rings is 1. The van der Waals surface area contributed by atoms with Crippen LogP contribution in [0.5, 0.6) is 5.75 Å². The van der Waals surface area contributed by atoms with E-state index in [1.54, 1.807) is 6.07 Å². The number of aromatic hydroxyl groups is 1. The van der Waals surface area contributed by atoms with Crippen molar-refractivity contribution in [3.05, 3.63) is 30.0 Å². The first kappa shape index (κ1) is 9.54. The van der Waals surface area contributed by atoms with Crippen molar-refractivity contribution < 1.29 is 5.11 Å². The molecule has 0 radical (unpaired) electrons. The zero-order valence-corrected chi connectivity index (χ0v) is 9.69. The van der Waals surface area contributed by atoms with Crippen molar-refractivity contribution >= 4 is 10.9 Å². The van der Waals surface area contributed by atoms with Gasteiger partial charge in [0.15, 0.2) is 0 Å². The quantitative estimate of drug-likeness (QED) is 0.830. The van der Waals surface area contributed by atoms with E-state index in [-0.39, 0.29) is 5.54 Å². The number of aromatic nitrogens is 1. The van der Waals surface area contributed by atoms with Crippen molar-refractivity contribution in [1.82, 2.24) is 4.57 Å². The molecule has 0 unspecified atom stereocenters. The minimum atomic E-state index is -0.183. The van der Waals surface area contributed by atoms with Crippen molar-refractivity contribution in [2.45, 2.75) is 37.3 Å². The van der Waals surface area contributed by atoms with Gasteiger partial charge in [0.1, 0.15) is 5.75 Å². The number of fused-ring (bicyclic) bond motifs is 1. The van der Waals surface area contributed by atoms with Gasteiger partial charge in [0.2, 0.25) is 0 Å². The number of phenolic OH excluding ortho intramolecular Hbond substituents is 1. The maximum atomic E-state index is 10.1. The number of phenols is 1. The molecule has 1 aromatic carbocycles. The molecule has 2 fully saturated rings. The molecule has 2 aliphatic rings. The van der Waals surface area contributed by atoms with E-state index >= 15 is 0 Å². The molecule has 0 bridgehead atoms. The molecule has 3 heteroatoms. The highest BCUT2D eigenvalue weighted by Crippen LogP contribution is 2.50. The van der Waals surface area contributed by atoms with E-state index in [2.05, 4.69) is 16.8 Å². The maximum absolute atomic E-state index is 10.1. The van der Waals surface area contributed by atoms with Crippen LogP contribution in [0.3, 0.4) is 0 Å². The van der Waals surface area contributed by atoms with Crippen molar-refractivity contribution in [2.24, 2.45) is 5.73 Å². The lowest BCUT2D eigenvalue weighted by Crippen LogP contribution is -2.18. The second-order valence-electron chi connectivity index (χ2n) is 5.51. The van der Waals surface area contributed by atoms with E-state index in [1.807, 2.05) is 6.07 Å². The summed E-state index contributed by atoms with van der Waals surface area (Å²) in [6.45, 7) is 0. The molecule has 17 heavy (non-hydrogen) atoms. The van der Waals surface area contributed by atoms with Crippen molar-refractivity contribution in [2.75, 3.05) is 0 Å². The van der Waals surface area contributed by atoms with Crippen LogP contribution < -0.4 is 5.73 Å². The first-order valence-electron chi connectivity index (χ1n) is 6.31. The minimum absolute atomic E-state index is 0.183. The van der Waals surface area contributed by atoms with E-state index in [0.717, 1.165) is 29.3 Å². The van der Waals surface area contributed by atoms with E-state index in [1.165, 1.54) is 12.8 Å². The number of rotatable bonds is 2. The highest BCUT2D eigenvalue weighted by atomic mass is 16.3. The molecule has 0 spiro atoms. The van der Waals surface area contributed by atoms with Gasteiger partial charge in [0.25, 0.3) is 0 Å². The smallest absolute Gasteiger partial charge is 0.125 e. The molecule has 2 aliphatic carbocycles. The second-order valence-corrected chi connectivity index (χ2v) is 5.51. The Labute approximate surface area is 99.8 Å².